The van der Waals surface area contributed by atoms with Crippen LogP contribution in [0.4, 0.5) is 0 Å². The molecule has 0 aromatic carbocycles. The number of morpholine rings is 1. The van der Waals surface area contributed by atoms with Gasteiger partial charge < -0.3 is 15.8 Å². The number of nitrogens with zero attached hydrogens (tertiary/aromatic N) is 1. The van der Waals surface area contributed by atoms with Crippen LogP contribution in [0.5, 0.6) is 0 Å². The van der Waals surface area contributed by atoms with E-state index in [0.717, 1.165) is 25.9 Å². The van der Waals surface area contributed by atoms with Crippen molar-refractivity contribution >= 4 is 5.91 Å². The molecular formula is C14H27N3O2. The van der Waals surface area contributed by atoms with Gasteiger partial charge in [-0.15, -0.1) is 0 Å². The summed E-state index contributed by atoms with van der Waals surface area (Å²) in [5.41, 5.74) is 4.94. The molecule has 1 saturated carbocycles. The molecule has 2 rings (SSSR count). The lowest BCUT2D eigenvalue weighted by Gasteiger charge is -2.45. The first-order valence-corrected chi connectivity index (χ1v) is 7.18. The largest absolute Gasteiger partial charge is 0.370 e. The normalized spacial score (nSPS) is 30.8. The fourth-order valence-electron chi connectivity index (χ4n) is 3.45. The number of nitrogens with one attached hydrogen (secondary N) is 1. The number of likely N-dealkylation sites (N-methyl/N-ethyl adjacent to an activating group) is 1. The second kappa shape index (κ2) is 5.04. The molecule has 19 heavy (non-hydrogen) atoms. The summed E-state index contributed by atoms with van der Waals surface area (Å²) >= 11 is 0. The van der Waals surface area contributed by atoms with Gasteiger partial charge in [0.25, 0.3) is 0 Å². The quantitative estimate of drug-likeness (QED) is 0.755. The molecule has 1 saturated heterocycles. The molecule has 3 N–H and O–H groups in total. The molecular weight excluding hydrogens is 242 g/mol. The summed E-state index contributed by atoms with van der Waals surface area (Å²) in [4.78, 5) is 14.3. The number of carbonyl (C=O) groups is 1. The zero-order valence-electron chi connectivity index (χ0n) is 12.5. The van der Waals surface area contributed by atoms with E-state index in [1.54, 1.807) is 0 Å². The van der Waals surface area contributed by atoms with E-state index in [1.165, 1.54) is 0 Å². The Morgan fingerprint density at radius 3 is 2.58 bits per heavy atom. The summed E-state index contributed by atoms with van der Waals surface area (Å²) < 4.78 is 5.91. The van der Waals surface area contributed by atoms with E-state index >= 15 is 0 Å². The van der Waals surface area contributed by atoms with Crippen molar-refractivity contribution in [2.45, 2.75) is 50.9 Å². The topological polar surface area (TPSA) is 67.6 Å². The summed E-state index contributed by atoms with van der Waals surface area (Å²) in [6, 6.07) is 0. The summed E-state index contributed by atoms with van der Waals surface area (Å²) in [6.45, 7) is 8.64. The standard InChI is InChI=1S/C14H27N3O2/c1-10-7-17(8-13(2,3)19-10)9-14(16-4,12(15)18)11-5-6-11/h10-11,16H,5-9H2,1-4H3,(H2,15,18). The predicted molar refractivity (Wildman–Crippen MR) is 74.8 cm³/mol. The Balaban J connectivity index is 2.11. The summed E-state index contributed by atoms with van der Waals surface area (Å²) in [7, 11) is 1.85. The van der Waals surface area contributed by atoms with E-state index in [0.29, 0.717) is 12.5 Å². The number of primary amides is 1. The second-order valence-electron chi connectivity index (χ2n) is 6.72. The molecule has 2 atom stereocenters. The minimum Gasteiger partial charge on any atom is -0.370 e. The van der Waals surface area contributed by atoms with E-state index < -0.39 is 5.54 Å². The van der Waals surface area contributed by atoms with Gasteiger partial charge in [-0.05, 0) is 46.6 Å². The van der Waals surface area contributed by atoms with Gasteiger partial charge in [-0.1, -0.05) is 0 Å². The van der Waals surface area contributed by atoms with Crippen LogP contribution in [0.2, 0.25) is 0 Å². The molecule has 1 aliphatic heterocycles. The number of amides is 1. The highest BCUT2D eigenvalue weighted by molar-refractivity contribution is 5.86. The van der Waals surface area contributed by atoms with Crippen LogP contribution in [0, 0.1) is 5.92 Å². The third-order valence-electron chi connectivity index (χ3n) is 4.27. The van der Waals surface area contributed by atoms with Gasteiger partial charge in [0, 0.05) is 19.6 Å². The number of hydrogen-bond acceptors (Lipinski definition) is 4. The lowest BCUT2D eigenvalue weighted by molar-refractivity contribution is -0.141. The zero-order valence-corrected chi connectivity index (χ0v) is 12.5. The van der Waals surface area contributed by atoms with Crippen LogP contribution in [-0.2, 0) is 9.53 Å². The molecule has 2 unspecified atom stereocenters. The van der Waals surface area contributed by atoms with Crippen molar-refractivity contribution in [1.29, 1.82) is 0 Å². The van der Waals surface area contributed by atoms with Crippen molar-refractivity contribution in [2.75, 3.05) is 26.7 Å². The van der Waals surface area contributed by atoms with E-state index in [1.807, 2.05) is 7.05 Å². The molecule has 0 spiro atoms. The van der Waals surface area contributed by atoms with Crippen molar-refractivity contribution in [1.82, 2.24) is 10.2 Å². The maximum absolute atomic E-state index is 12.0. The highest BCUT2D eigenvalue weighted by Crippen LogP contribution is 2.40. The fraction of sp³-hybridized carbons (Fsp3) is 0.929. The number of hydrogen-bond donors (Lipinski definition) is 2. The highest BCUT2D eigenvalue weighted by Gasteiger charge is 2.50. The molecule has 1 heterocycles. The van der Waals surface area contributed by atoms with E-state index in [2.05, 4.69) is 31.0 Å². The Hall–Kier alpha value is -0.650. The SMILES string of the molecule is CNC(CN1CC(C)OC(C)(C)C1)(C(N)=O)C1CC1. The first-order chi connectivity index (χ1) is 8.79. The lowest BCUT2D eigenvalue weighted by Crippen LogP contribution is -2.65. The molecule has 2 fully saturated rings. The second-order valence-corrected chi connectivity index (χ2v) is 6.72. The van der Waals surface area contributed by atoms with Gasteiger partial charge in [-0.25, -0.2) is 0 Å². The molecule has 2 aliphatic rings. The molecule has 1 aliphatic carbocycles. The van der Waals surface area contributed by atoms with E-state index in [9.17, 15) is 4.79 Å². The van der Waals surface area contributed by atoms with Crippen LogP contribution in [0.3, 0.4) is 0 Å². The van der Waals surface area contributed by atoms with Gasteiger partial charge in [-0.3, -0.25) is 9.69 Å². The molecule has 110 valence electrons. The Kier molecular flexibility index (Phi) is 3.91. The molecule has 5 heteroatoms. The minimum absolute atomic E-state index is 0.168. The van der Waals surface area contributed by atoms with Gasteiger partial charge in [0.05, 0.1) is 11.7 Å². The number of nitrogens with two attached hydrogens (primary N) is 1. The fourth-order valence-corrected chi connectivity index (χ4v) is 3.45. The van der Waals surface area contributed by atoms with Gasteiger partial charge in [-0.2, -0.15) is 0 Å². The van der Waals surface area contributed by atoms with Gasteiger partial charge in [0.1, 0.15) is 5.54 Å². The maximum Gasteiger partial charge on any atom is 0.239 e. The van der Waals surface area contributed by atoms with Crippen LogP contribution in [0.1, 0.15) is 33.6 Å². The molecule has 0 aromatic rings. The molecule has 0 radical (unpaired) electrons. The zero-order chi connectivity index (χ0) is 14.3. The maximum atomic E-state index is 12.0. The van der Waals surface area contributed by atoms with Gasteiger partial charge in [0.15, 0.2) is 0 Å². The van der Waals surface area contributed by atoms with Crippen molar-refractivity contribution < 1.29 is 9.53 Å². The molecule has 1 amide bonds. The minimum atomic E-state index is -0.576. The third kappa shape index (κ3) is 3.09. The van der Waals surface area contributed by atoms with Crippen molar-refractivity contribution in [3.8, 4) is 0 Å². The average Bonchev–Trinajstić information content (AvgIpc) is 3.06. The van der Waals surface area contributed by atoms with E-state index in [-0.39, 0.29) is 17.6 Å². The Morgan fingerprint density at radius 1 is 1.53 bits per heavy atom. The van der Waals surface area contributed by atoms with Crippen LogP contribution in [0.25, 0.3) is 0 Å². The van der Waals surface area contributed by atoms with Crippen LogP contribution in [0.15, 0.2) is 0 Å². The van der Waals surface area contributed by atoms with Crippen LogP contribution >= 0.6 is 0 Å². The monoisotopic (exact) mass is 269 g/mol. The first kappa shape index (κ1) is 14.8. The lowest BCUT2D eigenvalue weighted by atomic mass is 9.90. The Bertz CT molecular complexity index is 355. The smallest absolute Gasteiger partial charge is 0.239 e. The molecule has 0 bridgehead atoms. The summed E-state index contributed by atoms with van der Waals surface area (Å²) in [5, 5.41) is 3.21. The van der Waals surface area contributed by atoms with Crippen molar-refractivity contribution in [3.05, 3.63) is 0 Å². The number of carbonyl (C=O) groups excluding carboxylic acids is 1. The van der Waals surface area contributed by atoms with Crippen molar-refractivity contribution in [2.24, 2.45) is 11.7 Å². The predicted octanol–water partition coefficient (Wildman–Crippen LogP) is 0.339. The van der Waals surface area contributed by atoms with Crippen LogP contribution < -0.4 is 11.1 Å². The van der Waals surface area contributed by atoms with Crippen molar-refractivity contribution in [3.63, 3.8) is 0 Å². The first-order valence-electron chi connectivity index (χ1n) is 7.18. The Morgan fingerprint density at radius 2 is 2.16 bits per heavy atom. The third-order valence-corrected chi connectivity index (χ3v) is 4.27. The van der Waals surface area contributed by atoms with Gasteiger partial charge in [0.2, 0.25) is 5.91 Å². The van der Waals surface area contributed by atoms with E-state index in [4.69, 9.17) is 10.5 Å². The molecule has 0 aromatic heterocycles. The summed E-state index contributed by atoms with van der Waals surface area (Å²) in [5.74, 6) is 0.158. The average molecular weight is 269 g/mol. The Labute approximate surface area is 115 Å². The number of rotatable bonds is 5. The van der Waals surface area contributed by atoms with Crippen LogP contribution in [-0.4, -0.2) is 54.7 Å². The van der Waals surface area contributed by atoms with Gasteiger partial charge >= 0.3 is 0 Å². The number of ether oxygens (including phenoxy) is 1. The summed E-state index contributed by atoms with van der Waals surface area (Å²) in [6.07, 6.45) is 2.37. The highest BCUT2D eigenvalue weighted by atomic mass is 16.5. The molecule has 5 nitrogen and oxygen atoms in total.